The van der Waals surface area contributed by atoms with E-state index in [1.54, 1.807) is 0 Å². The number of nitrogens with zero attached hydrogens (tertiary/aromatic N) is 1. The lowest BCUT2D eigenvalue weighted by Gasteiger charge is -2.49. The molecule has 2 unspecified atom stereocenters. The average Bonchev–Trinajstić information content (AvgIpc) is 2.73. The summed E-state index contributed by atoms with van der Waals surface area (Å²) in [6.45, 7) is -0.0984. The molecule has 1 heterocycles. The molecule has 1 amide bonds. The molecular weight excluding hydrogens is 458 g/mol. The average molecular weight is 480 g/mol. The predicted molar refractivity (Wildman–Crippen MR) is 101 cm³/mol. The number of carboxylic acids is 1. The third kappa shape index (κ3) is 5.07. The van der Waals surface area contributed by atoms with Gasteiger partial charge in [-0.1, -0.05) is 6.07 Å². The van der Waals surface area contributed by atoms with E-state index in [-0.39, 0.29) is 0 Å². The van der Waals surface area contributed by atoms with Crippen molar-refractivity contribution < 1.29 is 58.7 Å². The molecule has 7 atom stereocenters. The van der Waals surface area contributed by atoms with Gasteiger partial charge in [0, 0.05) is 24.6 Å². The van der Waals surface area contributed by atoms with Crippen LogP contribution in [-0.4, -0.2) is 90.3 Å². The number of nitrogens with one attached hydrogen (secondary N) is 1. The normalized spacial score (nSPS) is 29.4. The highest BCUT2D eigenvalue weighted by Gasteiger charge is 2.61. The molecule has 0 spiro atoms. The van der Waals surface area contributed by atoms with Crippen molar-refractivity contribution in [2.24, 2.45) is 0 Å². The number of aliphatic carboxylic acids is 1. The molecule has 1 aromatic carbocycles. The van der Waals surface area contributed by atoms with E-state index in [1.165, 1.54) is 0 Å². The van der Waals surface area contributed by atoms with Gasteiger partial charge in [-0.05, 0) is 5.56 Å². The molecule has 0 aromatic heterocycles. The molecule has 15 heteroatoms. The van der Waals surface area contributed by atoms with Crippen LogP contribution in [0.3, 0.4) is 0 Å². The lowest BCUT2D eigenvalue weighted by atomic mass is 9.75. The summed E-state index contributed by atoms with van der Waals surface area (Å²) in [6.07, 6.45) is -11.8. The van der Waals surface area contributed by atoms with Crippen LogP contribution in [0.25, 0.3) is 0 Å². The summed E-state index contributed by atoms with van der Waals surface area (Å²) in [4.78, 5) is 33.6. The first-order chi connectivity index (χ1) is 15.3. The third-order valence-corrected chi connectivity index (χ3v) is 5.25. The fourth-order valence-corrected chi connectivity index (χ4v) is 3.72. The number of halogens is 2. The minimum absolute atomic E-state index is 0.429. The van der Waals surface area contributed by atoms with Crippen LogP contribution in [0, 0.1) is 10.1 Å². The second-order valence-corrected chi connectivity index (χ2v) is 7.39. The number of carbonyl (C=O) groups excluding carboxylic acids is 1. The van der Waals surface area contributed by atoms with Gasteiger partial charge in [0.1, 0.15) is 18.3 Å². The van der Waals surface area contributed by atoms with Crippen LogP contribution in [-0.2, 0) is 14.3 Å². The monoisotopic (exact) mass is 480 g/mol. The van der Waals surface area contributed by atoms with Crippen LogP contribution in [0.2, 0.25) is 0 Å². The number of ether oxygens (including phenoxy) is 1. The fraction of sp³-hybridized carbons (Fsp3) is 0.556. The number of benzene rings is 1. The molecule has 0 bridgehead atoms. The summed E-state index contributed by atoms with van der Waals surface area (Å²) in [5, 5.41) is 73.5. The first-order valence-corrected chi connectivity index (χ1v) is 9.38. The summed E-state index contributed by atoms with van der Waals surface area (Å²) in [6, 6.07) is 0.0949. The quantitative estimate of drug-likeness (QED) is 0.165. The van der Waals surface area contributed by atoms with Gasteiger partial charge in [-0.15, -0.1) is 0 Å². The summed E-state index contributed by atoms with van der Waals surface area (Å²) >= 11 is 0. The van der Waals surface area contributed by atoms with E-state index < -0.39 is 88.8 Å². The van der Waals surface area contributed by atoms with E-state index >= 15 is 0 Å². The van der Waals surface area contributed by atoms with E-state index in [0.717, 1.165) is 13.0 Å². The summed E-state index contributed by atoms with van der Waals surface area (Å²) in [7, 11) is 0. The SMILES string of the molecule is CC(=O)N[C@H]1[C@H]([C@H](O)[C@H](O)CO)OC(O)(C(=O)O)C(c2ccc([N+](=O)[O-])cc2C(F)F)[C@@H]1O. The number of aliphatic hydroxyl groups excluding tert-OH is 4. The van der Waals surface area contributed by atoms with Crippen LogP contribution in [0.4, 0.5) is 14.5 Å². The predicted octanol–water partition coefficient (Wildman–Crippen LogP) is -1.63. The van der Waals surface area contributed by atoms with Gasteiger partial charge in [-0.3, -0.25) is 14.9 Å². The number of non-ortho nitro benzene ring substituents is 1. The van der Waals surface area contributed by atoms with E-state index in [2.05, 4.69) is 5.32 Å². The number of amides is 1. The molecule has 1 saturated heterocycles. The number of hydrogen-bond donors (Lipinski definition) is 7. The van der Waals surface area contributed by atoms with E-state index in [1.807, 2.05) is 0 Å². The summed E-state index contributed by atoms with van der Waals surface area (Å²) in [5.74, 6) is -8.79. The Labute approximate surface area is 184 Å². The molecule has 184 valence electrons. The molecule has 0 radical (unpaired) electrons. The molecule has 1 fully saturated rings. The topological polar surface area (TPSA) is 220 Å². The Morgan fingerprint density at radius 1 is 1.33 bits per heavy atom. The first kappa shape index (κ1) is 26.4. The van der Waals surface area contributed by atoms with Crippen LogP contribution in [0.1, 0.15) is 30.4 Å². The Balaban J connectivity index is 2.72. The van der Waals surface area contributed by atoms with Crippen molar-refractivity contribution in [1.82, 2.24) is 5.32 Å². The molecule has 0 saturated carbocycles. The molecule has 33 heavy (non-hydrogen) atoms. The zero-order valence-electron chi connectivity index (χ0n) is 16.9. The van der Waals surface area contributed by atoms with E-state index in [4.69, 9.17) is 9.84 Å². The number of alkyl halides is 2. The van der Waals surface area contributed by atoms with Crippen molar-refractivity contribution in [2.45, 2.75) is 55.5 Å². The molecule has 1 aliphatic rings. The van der Waals surface area contributed by atoms with Crippen molar-refractivity contribution in [3.63, 3.8) is 0 Å². The number of aliphatic hydroxyl groups is 5. The zero-order chi connectivity index (χ0) is 25.2. The number of hydrogen-bond acceptors (Lipinski definition) is 10. The lowest BCUT2D eigenvalue weighted by molar-refractivity contribution is -0.385. The van der Waals surface area contributed by atoms with Crippen molar-refractivity contribution in [1.29, 1.82) is 0 Å². The molecule has 0 aliphatic carbocycles. The highest BCUT2D eigenvalue weighted by molar-refractivity contribution is 5.78. The Bertz CT molecular complexity index is 917. The second-order valence-electron chi connectivity index (χ2n) is 7.39. The van der Waals surface area contributed by atoms with Gasteiger partial charge < -0.3 is 40.7 Å². The van der Waals surface area contributed by atoms with Gasteiger partial charge >= 0.3 is 5.97 Å². The maximum absolute atomic E-state index is 13.7. The molecule has 7 N–H and O–H groups in total. The van der Waals surface area contributed by atoms with Crippen molar-refractivity contribution in [2.75, 3.05) is 6.61 Å². The van der Waals surface area contributed by atoms with Crippen molar-refractivity contribution in [3.8, 4) is 0 Å². The van der Waals surface area contributed by atoms with Crippen molar-refractivity contribution in [3.05, 3.63) is 39.4 Å². The second kappa shape index (κ2) is 9.98. The lowest BCUT2D eigenvalue weighted by Crippen LogP contribution is -2.70. The van der Waals surface area contributed by atoms with Gasteiger partial charge in [0.15, 0.2) is 0 Å². The molecule has 2 rings (SSSR count). The van der Waals surface area contributed by atoms with Gasteiger partial charge in [-0.25, -0.2) is 13.6 Å². The Morgan fingerprint density at radius 2 is 1.94 bits per heavy atom. The molecule has 1 aromatic rings. The maximum atomic E-state index is 13.7. The largest absolute Gasteiger partial charge is 0.477 e. The zero-order valence-corrected chi connectivity index (χ0v) is 16.9. The highest BCUT2D eigenvalue weighted by atomic mass is 19.3. The van der Waals surface area contributed by atoms with Crippen LogP contribution >= 0.6 is 0 Å². The number of carbonyl (C=O) groups is 2. The smallest absolute Gasteiger partial charge is 0.365 e. The number of rotatable bonds is 8. The molecular formula is C18H22F2N2O11. The first-order valence-electron chi connectivity index (χ1n) is 9.38. The summed E-state index contributed by atoms with van der Waals surface area (Å²) < 4.78 is 32.5. The maximum Gasteiger partial charge on any atom is 0.365 e. The van der Waals surface area contributed by atoms with E-state index in [9.17, 15) is 54.0 Å². The minimum atomic E-state index is -3.50. The number of nitro benzene ring substituents is 1. The van der Waals surface area contributed by atoms with Gasteiger partial charge in [0.05, 0.1) is 29.6 Å². The van der Waals surface area contributed by atoms with Gasteiger partial charge in [0.25, 0.3) is 17.9 Å². The van der Waals surface area contributed by atoms with Crippen LogP contribution in [0.15, 0.2) is 18.2 Å². The fourth-order valence-electron chi connectivity index (χ4n) is 3.72. The molecule has 13 nitrogen and oxygen atoms in total. The van der Waals surface area contributed by atoms with E-state index in [0.29, 0.717) is 12.1 Å². The Morgan fingerprint density at radius 3 is 2.39 bits per heavy atom. The third-order valence-electron chi connectivity index (χ3n) is 5.25. The van der Waals surface area contributed by atoms with Gasteiger partial charge in [-0.2, -0.15) is 0 Å². The molecule has 1 aliphatic heterocycles. The highest BCUT2D eigenvalue weighted by Crippen LogP contribution is 2.45. The number of nitro groups is 1. The standard InChI is InChI=1S/C18H22F2N2O11/c1-6(24)21-12-14(27)11(8-3-2-7(22(31)32)4-9(8)16(19)20)18(30,17(28)29)33-15(12)13(26)10(25)5-23/h2-4,10-16,23,25-27,30H,5H2,1H3,(H,21,24)(H,28,29)/t10-,11?,12-,13-,14+,15-,18?/m1/s1. The van der Waals surface area contributed by atoms with Crippen molar-refractivity contribution >= 4 is 17.6 Å². The Hall–Kier alpha value is -2.82. The Kier molecular flexibility index (Phi) is 8.00. The van der Waals surface area contributed by atoms with Crippen LogP contribution in [0.5, 0.6) is 0 Å². The van der Waals surface area contributed by atoms with Gasteiger partial charge in [0.2, 0.25) is 5.91 Å². The minimum Gasteiger partial charge on any atom is -0.477 e. The summed E-state index contributed by atoms with van der Waals surface area (Å²) in [5.41, 5.74) is -2.61. The number of carboxylic acid groups (broad SMARTS) is 1. The van der Waals surface area contributed by atoms with Crippen LogP contribution < -0.4 is 5.32 Å².